The highest BCUT2D eigenvalue weighted by Crippen LogP contribution is 2.30. The number of alkyl halides is 3. The lowest BCUT2D eigenvalue weighted by atomic mass is 10.1. The highest BCUT2D eigenvalue weighted by atomic mass is 35.5. The van der Waals surface area contributed by atoms with Crippen molar-refractivity contribution in [1.29, 1.82) is 0 Å². The van der Waals surface area contributed by atoms with Gasteiger partial charge in [-0.3, -0.25) is 4.79 Å². The summed E-state index contributed by atoms with van der Waals surface area (Å²) in [6.07, 6.45) is -4.41. The minimum Gasteiger partial charge on any atom is -0.343 e. The van der Waals surface area contributed by atoms with Crippen molar-refractivity contribution in [1.82, 2.24) is 15.5 Å². The van der Waals surface area contributed by atoms with E-state index in [1.165, 1.54) is 18.2 Å². The quantitative estimate of drug-likeness (QED) is 0.730. The lowest BCUT2D eigenvalue weighted by molar-refractivity contribution is -0.137. The molecule has 0 radical (unpaired) electrons. The molecular formula is C17H11ClF3N3O2. The van der Waals surface area contributed by atoms with Crippen LogP contribution in [0.2, 0.25) is 5.02 Å². The Balaban J connectivity index is 1.65. The third-order valence-electron chi connectivity index (χ3n) is 3.43. The molecule has 26 heavy (non-hydrogen) atoms. The molecule has 5 nitrogen and oxygen atoms in total. The lowest BCUT2D eigenvalue weighted by Gasteiger charge is -2.05. The number of carbonyl (C=O) groups is 1. The van der Waals surface area contributed by atoms with Gasteiger partial charge in [-0.05, 0) is 30.3 Å². The van der Waals surface area contributed by atoms with Gasteiger partial charge >= 0.3 is 6.18 Å². The van der Waals surface area contributed by atoms with Crippen molar-refractivity contribution < 1.29 is 22.5 Å². The molecule has 1 heterocycles. The van der Waals surface area contributed by atoms with Gasteiger partial charge in [-0.2, -0.15) is 18.2 Å². The van der Waals surface area contributed by atoms with Gasteiger partial charge in [0.1, 0.15) is 0 Å². The van der Waals surface area contributed by atoms with Crippen molar-refractivity contribution in [3.8, 4) is 11.4 Å². The molecule has 0 aliphatic heterocycles. The topological polar surface area (TPSA) is 68.0 Å². The number of nitrogens with zero attached hydrogens (tertiary/aromatic N) is 2. The van der Waals surface area contributed by atoms with Crippen molar-refractivity contribution in [2.24, 2.45) is 0 Å². The molecule has 0 bridgehead atoms. The van der Waals surface area contributed by atoms with E-state index in [9.17, 15) is 18.0 Å². The first-order valence-electron chi connectivity index (χ1n) is 7.37. The van der Waals surface area contributed by atoms with E-state index in [1.54, 1.807) is 18.2 Å². The minimum absolute atomic E-state index is 0.0288. The summed E-state index contributed by atoms with van der Waals surface area (Å²) >= 11 is 5.83. The Morgan fingerprint density at radius 2 is 1.88 bits per heavy atom. The number of hydrogen-bond acceptors (Lipinski definition) is 4. The third-order valence-corrected chi connectivity index (χ3v) is 3.66. The monoisotopic (exact) mass is 381 g/mol. The maximum Gasteiger partial charge on any atom is 0.416 e. The van der Waals surface area contributed by atoms with Crippen LogP contribution in [0.5, 0.6) is 0 Å². The van der Waals surface area contributed by atoms with Crippen LogP contribution in [0.1, 0.15) is 21.8 Å². The van der Waals surface area contributed by atoms with E-state index in [1.807, 2.05) is 0 Å². The zero-order valence-electron chi connectivity index (χ0n) is 13.0. The Kier molecular flexibility index (Phi) is 4.94. The average Bonchev–Trinajstić information content (AvgIpc) is 3.08. The number of benzene rings is 2. The number of halogens is 4. The second-order valence-corrected chi connectivity index (χ2v) is 5.72. The van der Waals surface area contributed by atoms with E-state index in [0.29, 0.717) is 16.1 Å². The molecule has 9 heteroatoms. The minimum atomic E-state index is -4.41. The summed E-state index contributed by atoms with van der Waals surface area (Å²) in [7, 11) is 0. The number of carbonyl (C=O) groups excluding carboxylic acids is 1. The van der Waals surface area contributed by atoms with Gasteiger partial charge in [-0.15, -0.1) is 0 Å². The van der Waals surface area contributed by atoms with Crippen LogP contribution >= 0.6 is 11.6 Å². The fraction of sp³-hybridized carbons (Fsp3) is 0.118. The third kappa shape index (κ3) is 4.20. The summed E-state index contributed by atoms with van der Waals surface area (Å²) in [6.45, 7) is -0.0288. The molecule has 0 aliphatic carbocycles. The van der Waals surface area contributed by atoms with Gasteiger partial charge in [-0.1, -0.05) is 35.0 Å². The Morgan fingerprint density at radius 1 is 1.15 bits per heavy atom. The van der Waals surface area contributed by atoms with Crippen molar-refractivity contribution in [2.45, 2.75) is 12.7 Å². The highest BCUT2D eigenvalue weighted by molar-refractivity contribution is 6.30. The Labute approximate surface area is 150 Å². The summed E-state index contributed by atoms with van der Waals surface area (Å²) in [4.78, 5) is 16.1. The second-order valence-electron chi connectivity index (χ2n) is 5.28. The molecule has 2 aromatic carbocycles. The zero-order chi connectivity index (χ0) is 18.7. The van der Waals surface area contributed by atoms with Gasteiger partial charge in [0.2, 0.25) is 11.7 Å². The molecule has 1 amide bonds. The summed E-state index contributed by atoms with van der Waals surface area (Å²) in [5.74, 6) is -0.122. The Bertz CT molecular complexity index is 924. The fourth-order valence-electron chi connectivity index (χ4n) is 2.14. The van der Waals surface area contributed by atoms with Crippen LogP contribution in [0.4, 0.5) is 13.2 Å². The van der Waals surface area contributed by atoms with Crippen molar-refractivity contribution in [2.75, 3.05) is 0 Å². The van der Waals surface area contributed by atoms with E-state index in [0.717, 1.165) is 12.1 Å². The van der Waals surface area contributed by atoms with E-state index >= 15 is 0 Å². The number of amides is 1. The Morgan fingerprint density at radius 3 is 2.54 bits per heavy atom. The molecule has 3 rings (SSSR count). The summed E-state index contributed by atoms with van der Waals surface area (Å²) in [5, 5.41) is 6.73. The molecule has 0 atom stereocenters. The lowest BCUT2D eigenvalue weighted by Crippen LogP contribution is -2.22. The van der Waals surface area contributed by atoms with Crippen LogP contribution in [-0.2, 0) is 12.7 Å². The van der Waals surface area contributed by atoms with Gasteiger partial charge in [0.05, 0.1) is 12.1 Å². The number of rotatable bonds is 4. The number of aromatic nitrogens is 2. The maximum atomic E-state index is 12.6. The van der Waals surface area contributed by atoms with Crippen molar-refractivity contribution in [3.63, 3.8) is 0 Å². The van der Waals surface area contributed by atoms with Crippen LogP contribution in [0, 0.1) is 0 Å². The standard InChI is InChI=1S/C17H11ClF3N3O2/c18-13-3-1-2-11(8-13)16(25)22-9-14-23-15(24-26-14)10-4-6-12(7-5-10)17(19,20)21/h1-8H,9H2,(H,22,25). The number of hydrogen-bond donors (Lipinski definition) is 1. The molecule has 3 aromatic rings. The van der Waals surface area contributed by atoms with Crippen LogP contribution in [0.15, 0.2) is 53.1 Å². The first-order valence-corrected chi connectivity index (χ1v) is 7.75. The van der Waals surface area contributed by atoms with Crippen LogP contribution in [0.25, 0.3) is 11.4 Å². The van der Waals surface area contributed by atoms with Gasteiger partial charge in [0.25, 0.3) is 5.91 Å². The zero-order valence-corrected chi connectivity index (χ0v) is 13.8. The van der Waals surface area contributed by atoms with Gasteiger partial charge < -0.3 is 9.84 Å². The molecule has 1 aromatic heterocycles. The van der Waals surface area contributed by atoms with Crippen molar-refractivity contribution >= 4 is 17.5 Å². The first-order chi connectivity index (χ1) is 12.3. The van der Waals surface area contributed by atoms with E-state index in [-0.39, 0.29) is 24.2 Å². The summed E-state index contributed by atoms with van der Waals surface area (Å²) in [6, 6.07) is 10.8. The van der Waals surface area contributed by atoms with Crippen molar-refractivity contribution in [3.05, 3.63) is 70.6 Å². The van der Waals surface area contributed by atoms with E-state index in [4.69, 9.17) is 16.1 Å². The SMILES string of the molecule is O=C(NCc1nc(-c2ccc(C(F)(F)F)cc2)no1)c1cccc(Cl)c1. The van der Waals surface area contributed by atoms with E-state index in [2.05, 4.69) is 15.5 Å². The normalized spacial score (nSPS) is 11.4. The molecule has 134 valence electrons. The van der Waals surface area contributed by atoms with Crippen LogP contribution in [-0.4, -0.2) is 16.0 Å². The predicted octanol–water partition coefficient (Wildman–Crippen LogP) is 4.34. The van der Waals surface area contributed by atoms with Gasteiger partial charge in [0.15, 0.2) is 0 Å². The molecule has 0 spiro atoms. The summed E-state index contributed by atoms with van der Waals surface area (Å²) < 4.78 is 42.7. The van der Waals surface area contributed by atoms with Crippen LogP contribution < -0.4 is 5.32 Å². The molecule has 1 N–H and O–H groups in total. The molecule has 0 fully saturated rings. The first kappa shape index (κ1) is 17.9. The molecule has 0 saturated heterocycles. The average molecular weight is 382 g/mol. The van der Waals surface area contributed by atoms with Gasteiger partial charge in [0, 0.05) is 16.1 Å². The second kappa shape index (κ2) is 7.17. The fourth-order valence-corrected chi connectivity index (χ4v) is 2.33. The van der Waals surface area contributed by atoms with Gasteiger partial charge in [-0.25, -0.2) is 0 Å². The molecule has 0 saturated carbocycles. The maximum absolute atomic E-state index is 12.6. The predicted molar refractivity (Wildman–Crippen MR) is 87.4 cm³/mol. The Hall–Kier alpha value is -2.87. The highest BCUT2D eigenvalue weighted by Gasteiger charge is 2.30. The van der Waals surface area contributed by atoms with E-state index < -0.39 is 11.7 Å². The number of nitrogens with one attached hydrogen (secondary N) is 1. The summed E-state index contributed by atoms with van der Waals surface area (Å²) in [5.41, 5.74) is -0.0205. The largest absolute Gasteiger partial charge is 0.416 e. The van der Waals surface area contributed by atoms with Crippen LogP contribution in [0.3, 0.4) is 0 Å². The smallest absolute Gasteiger partial charge is 0.343 e. The molecule has 0 aliphatic rings. The molecule has 0 unspecified atom stereocenters. The molecular weight excluding hydrogens is 371 g/mol.